The molecule has 0 aliphatic carbocycles. The maximum atomic E-state index is 15.5. The maximum Gasteiger partial charge on any atom is 0.333 e. The summed E-state index contributed by atoms with van der Waals surface area (Å²) in [4.78, 5) is 8.19. The number of benzene rings is 1. The Morgan fingerprint density at radius 1 is 0.968 bits per heavy atom. The van der Waals surface area contributed by atoms with E-state index in [9.17, 15) is 0 Å². The quantitative estimate of drug-likeness (QED) is 0.418. The summed E-state index contributed by atoms with van der Waals surface area (Å²) in [5.41, 5.74) is 1.90. The van der Waals surface area contributed by atoms with E-state index in [4.69, 9.17) is 7.85 Å². The number of aromatic nitrogens is 8. The van der Waals surface area contributed by atoms with E-state index in [1.165, 1.54) is 30.6 Å². The molecule has 0 aliphatic rings. The number of alkyl halides is 2. The van der Waals surface area contributed by atoms with Crippen LogP contribution < -0.4 is 5.46 Å². The minimum absolute atomic E-state index is 0.209. The van der Waals surface area contributed by atoms with Gasteiger partial charge < -0.3 is 0 Å². The fraction of sp³-hybridized carbons (Fsp3) is 0.100. The van der Waals surface area contributed by atoms with Gasteiger partial charge in [-0.1, -0.05) is 23.7 Å². The number of halogens is 2. The van der Waals surface area contributed by atoms with Crippen LogP contribution in [0.25, 0.3) is 28.3 Å². The second-order valence-electron chi connectivity index (χ2n) is 6.91. The Kier molecular flexibility index (Phi) is 4.31. The molecule has 150 valence electrons. The minimum Gasteiger partial charge on any atom is -0.275 e. The summed E-state index contributed by atoms with van der Waals surface area (Å²) in [6.07, 6.45) is 6.19. The highest BCUT2D eigenvalue weighted by molar-refractivity contribution is 6.31. The van der Waals surface area contributed by atoms with Gasteiger partial charge in [-0.3, -0.25) is 4.68 Å². The molecule has 0 bridgehead atoms. The van der Waals surface area contributed by atoms with Gasteiger partial charge in [0.2, 0.25) is 5.82 Å². The molecule has 0 spiro atoms. The molecule has 0 saturated heterocycles. The van der Waals surface area contributed by atoms with E-state index >= 15 is 8.78 Å². The number of hydrogen-bond acceptors (Lipinski definition) is 6. The molecule has 5 aromatic rings. The molecule has 0 atom stereocenters. The monoisotopic (exact) mass is 414 g/mol. The van der Waals surface area contributed by atoms with Crippen LogP contribution in [0, 0.1) is 0 Å². The zero-order valence-corrected chi connectivity index (χ0v) is 16.2. The lowest BCUT2D eigenvalue weighted by Gasteiger charge is -2.15. The van der Waals surface area contributed by atoms with Crippen LogP contribution in [0.15, 0.2) is 61.2 Å². The summed E-state index contributed by atoms with van der Waals surface area (Å²) in [5, 5.41) is 16.0. The standard InChI is InChI=1S/C20H13BF2N8/c1-30-11-13(8-26-30)16-5-6-17-27-28-19(31(17)29-16)20(22,23)14-4-2-3-12(7-14)18-24-9-15(21)10-25-18/h2-11H,1H3. The minimum atomic E-state index is -3.47. The molecular weight excluding hydrogens is 401 g/mol. The van der Waals surface area contributed by atoms with Gasteiger partial charge in [0.15, 0.2) is 11.5 Å². The van der Waals surface area contributed by atoms with Crippen molar-refractivity contribution in [3.63, 3.8) is 0 Å². The van der Waals surface area contributed by atoms with Crippen molar-refractivity contribution in [3.05, 3.63) is 72.6 Å². The van der Waals surface area contributed by atoms with E-state index in [0.717, 1.165) is 4.52 Å². The molecule has 5 rings (SSSR count). The predicted molar refractivity (Wildman–Crippen MR) is 109 cm³/mol. The molecule has 0 unspecified atom stereocenters. The molecule has 2 radical (unpaired) electrons. The van der Waals surface area contributed by atoms with Gasteiger partial charge in [0.25, 0.3) is 0 Å². The van der Waals surface area contributed by atoms with Gasteiger partial charge in [-0.05, 0) is 18.2 Å². The smallest absolute Gasteiger partial charge is 0.275 e. The van der Waals surface area contributed by atoms with E-state index in [0.29, 0.717) is 22.3 Å². The van der Waals surface area contributed by atoms with E-state index in [-0.39, 0.29) is 17.0 Å². The van der Waals surface area contributed by atoms with Crippen LogP contribution in [-0.4, -0.2) is 47.4 Å². The topological polar surface area (TPSA) is 86.7 Å². The van der Waals surface area contributed by atoms with Crippen LogP contribution in [0.5, 0.6) is 0 Å². The lowest BCUT2D eigenvalue weighted by molar-refractivity contribution is 0.0307. The van der Waals surface area contributed by atoms with Crippen molar-refractivity contribution < 1.29 is 8.78 Å². The van der Waals surface area contributed by atoms with Crippen molar-refractivity contribution in [2.24, 2.45) is 7.05 Å². The Labute approximate surface area is 176 Å². The molecule has 0 fully saturated rings. The number of aryl methyl sites for hydroxylation is 1. The average Bonchev–Trinajstić information content (AvgIpc) is 3.40. The van der Waals surface area contributed by atoms with Crippen LogP contribution >= 0.6 is 0 Å². The first-order valence-electron chi connectivity index (χ1n) is 9.20. The first kappa shape index (κ1) is 19.0. The second-order valence-corrected chi connectivity index (χ2v) is 6.91. The number of nitrogens with zero attached hydrogens (tertiary/aromatic N) is 8. The summed E-state index contributed by atoms with van der Waals surface area (Å²) in [6, 6.07) is 9.05. The lowest BCUT2D eigenvalue weighted by atomic mass is 10.0. The SMILES string of the molecule is [B]c1cnc(-c2cccc(C(F)(F)c3nnc4ccc(-c5cnn(C)c5)nn34)c2)nc1. The highest BCUT2D eigenvalue weighted by Gasteiger charge is 2.40. The Balaban J connectivity index is 1.59. The normalized spacial score (nSPS) is 11.8. The average molecular weight is 414 g/mol. The molecule has 31 heavy (non-hydrogen) atoms. The third kappa shape index (κ3) is 3.33. The van der Waals surface area contributed by atoms with E-state index in [2.05, 4.69) is 30.4 Å². The Morgan fingerprint density at radius 3 is 2.52 bits per heavy atom. The highest BCUT2D eigenvalue weighted by Crippen LogP contribution is 2.36. The molecule has 11 heteroatoms. The van der Waals surface area contributed by atoms with E-state index in [1.54, 1.807) is 42.3 Å². The summed E-state index contributed by atoms with van der Waals surface area (Å²) >= 11 is 0. The molecule has 0 aliphatic heterocycles. The van der Waals surface area contributed by atoms with Crippen molar-refractivity contribution >= 4 is 19.0 Å². The third-order valence-electron chi connectivity index (χ3n) is 4.70. The Bertz CT molecular complexity index is 1390. The van der Waals surface area contributed by atoms with Crippen LogP contribution in [0.2, 0.25) is 0 Å². The molecule has 4 heterocycles. The van der Waals surface area contributed by atoms with Crippen molar-refractivity contribution in [2.75, 3.05) is 0 Å². The Hall–Kier alpha value is -4.02. The number of rotatable bonds is 4. The van der Waals surface area contributed by atoms with Crippen molar-refractivity contribution in [2.45, 2.75) is 5.92 Å². The largest absolute Gasteiger partial charge is 0.333 e. The van der Waals surface area contributed by atoms with Gasteiger partial charge in [-0.2, -0.15) is 23.5 Å². The summed E-state index contributed by atoms with van der Waals surface area (Å²) in [6.45, 7) is 0. The highest BCUT2D eigenvalue weighted by atomic mass is 19.3. The van der Waals surface area contributed by atoms with Gasteiger partial charge in [-0.15, -0.1) is 10.2 Å². The first-order valence-corrected chi connectivity index (χ1v) is 9.20. The number of hydrogen-bond donors (Lipinski definition) is 0. The van der Waals surface area contributed by atoms with Crippen LogP contribution in [-0.2, 0) is 13.0 Å². The van der Waals surface area contributed by atoms with Gasteiger partial charge in [0, 0.05) is 42.3 Å². The molecule has 0 N–H and O–H groups in total. The van der Waals surface area contributed by atoms with Gasteiger partial charge >= 0.3 is 5.92 Å². The molecular formula is C20H13BF2N8. The fourth-order valence-electron chi connectivity index (χ4n) is 3.16. The zero-order valence-electron chi connectivity index (χ0n) is 16.2. The Morgan fingerprint density at radius 2 is 1.77 bits per heavy atom. The molecule has 8 nitrogen and oxygen atoms in total. The third-order valence-corrected chi connectivity index (χ3v) is 4.70. The summed E-state index contributed by atoms with van der Waals surface area (Å²) in [7, 11) is 7.36. The van der Waals surface area contributed by atoms with Crippen molar-refractivity contribution in [1.82, 2.24) is 39.6 Å². The van der Waals surface area contributed by atoms with Crippen LogP contribution in [0.3, 0.4) is 0 Å². The lowest BCUT2D eigenvalue weighted by Crippen LogP contribution is -2.20. The summed E-state index contributed by atoms with van der Waals surface area (Å²) < 4.78 is 33.7. The van der Waals surface area contributed by atoms with E-state index < -0.39 is 11.7 Å². The zero-order chi connectivity index (χ0) is 21.6. The molecule has 0 saturated carbocycles. The maximum absolute atomic E-state index is 15.5. The fourth-order valence-corrected chi connectivity index (χ4v) is 3.16. The van der Waals surface area contributed by atoms with Crippen molar-refractivity contribution in [1.29, 1.82) is 0 Å². The predicted octanol–water partition coefficient (Wildman–Crippen LogP) is 1.92. The van der Waals surface area contributed by atoms with Gasteiger partial charge in [0.1, 0.15) is 7.85 Å². The molecule has 4 aromatic heterocycles. The first-order chi connectivity index (χ1) is 14.9. The van der Waals surface area contributed by atoms with Gasteiger partial charge in [-0.25, -0.2) is 9.97 Å². The van der Waals surface area contributed by atoms with E-state index in [1.807, 2.05) is 0 Å². The van der Waals surface area contributed by atoms with Crippen LogP contribution in [0.1, 0.15) is 11.4 Å². The number of fused-ring (bicyclic) bond motifs is 1. The van der Waals surface area contributed by atoms with Crippen LogP contribution in [0.4, 0.5) is 8.78 Å². The second kappa shape index (κ2) is 7.04. The van der Waals surface area contributed by atoms with Gasteiger partial charge in [0.05, 0.1) is 11.9 Å². The summed E-state index contributed by atoms with van der Waals surface area (Å²) in [5.74, 6) is -3.78. The molecule has 0 amide bonds. The van der Waals surface area contributed by atoms with Crippen molar-refractivity contribution in [3.8, 4) is 22.6 Å². The molecule has 1 aromatic carbocycles.